The van der Waals surface area contributed by atoms with Crippen molar-refractivity contribution in [3.05, 3.63) is 464 Å². The van der Waals surface area contributed by atoms with Crippen LogP contribution in [0.15, 0.2) is 431 Å². The Balaban J connectivity index is 0.000000109. The molecule has 3 aliphatic carbocycles. The maximum atomic E-state index is 5.34. The summed E-state index contributed by atoms with van der Waals surface area (Å²) in [6.07, 6.45) is 0. The molecule has 0 atom stereocenters. The van der Waals surface area contributed by atoms with Crippen molar-refractivity contribution < 1.29 is 0 Å². The molecule has 0 radical (unpaired) electrons. The van der Waals surface area contributed by atoms with E-state index in [1.165, 1.54) is 132 Å². The average Bonchev–Trinajstić information content (AvgIpc) is 1.55. The highest BCUT2D eigenvalue weighted by Gasteiger charge is 2.40. The number of benzene rings is 18. The minimum absolute atomic E-state index is 0.0875. The predicted octanol–water partition coefficient (Wildman–Crippen LogP) is 30.9. The lowest BCUT2D eigenvalue weighted by atomic mass is 9.82. The first kappa shape index (κ1) is 80.8. The van der Waals surface area contributed by atoms with Gasteiger partial charge in [-0.3, -0.25) is 9.13 Å². The average molecular weight is 1750 g/mol. The number of aromatic nitrogens is 11. The van der Waals surface area contributed by atoms with E-state index in [1.54, 1.807) is 0 Å². The maximum Gasteiger partial charge on any atom is 0.238 e. The molecule has 136 heavy (non-hydrogen) atoms. The molecule has 0 spiro atoms. The monoisotopic (exact) mass is 1740 g/mol. The minimum atomic E-state index is -0.139. The van der Waals surface area contributed by atoms with Crippen molar-refractivity contribution in [1.29, 1.82) is 0 Å². The Labute approximate surface area is 787 Å². The third kappa shape index (κ3) is 13.4. The quantitative estimate of drug-likeness (QED) is 0.126. The van der Waals surface area contributed by atoms with Gasteiger partial charge in [0.1, 0.15) is 0 Å². The number of para-hydroxylation sites is 3. The van der Waals surface area contributed by atoms with Crippen LogP contribution in [-0.2, 0) is 16.2 Å². The molecule has 0 aliphatic heterocycles. The molecule has 644 valence electrons. The normalized spacial score (nSPS) is 13.2. The first-order valence-electron chi connectivity index (χ1n) is 46.6. The summed E-state index contributed by atoms with van der Waals surface area (Å²) in [7, 11) is 0. The molecule has 0 unspecified atom stereocenters. The fraction of sp³-hybridized carbons (Fsp3) is 0.0720. The SMILES string of the molecule is CC1(C)c2ccccc2-c2cc3c4cc(-c5ccccc5)ccc4n(-c4nc(-c5ccccc5)nc(-c5ccccc5)n4)c3cc21.CC1(C)c2ccccc2-c2cc3c4ccccc4n(-c4cccc(-c5nc(-c6ccccc6)nc(-c6ccccc6)n5)c4)c3cc21.CC1(C)c2ccccc2-c2cc3c4ccccc4n(-c4nc(-c5ccc(-c6ccccc6)cc5)c5ccccc5n4)c3cc21. The van der Waals surface area contributed by atoms with E-state index in [0.29, 0.717) is 41.0 Å². The smallest absolute Gasteiger partial charge is 0.238 e. The van der Waals surface area contributed by atoms with Gasteiger partial charge in [0.25, 0.3) is 0 Å². The van der Waals surface area contributed by atoms with Crippen molar-refractivity contribution in [1.82, 2.24) is 53.6 Å². The molecule has 11 heteroatoms. The third-order valence-corrected chi connectivity index (χ3v) is 28.3. The van der Waals surface area contributed by atoms with Crippen molar-refractivity contribution in [2.75, 3.05) is 0 Å². The van der Waals surface area contributed by atoms with E-state index in [0.717, 1.165) is 77.7 Å². The number of hydrogen-bond donors (Lipinski definition) is 0. The standard InChI is InChI=1S/2C42H30N4.C41H29N3/c1-42(2)35-21-13-12-20-31(35)32-25-34-33-24-30(27-14-6-3-7-15-27)22-23-37(33)46(38(34)26-36(32)42)41-44-39(28-16-8-4-9-17-28)43-40(45-41)29-18-10-5-11-19-29;1-42(2)35-22-11-9-20-31(35)33-25-34-32-21-10-12-23-37(32)46(38(34)26-36(33)42)30-19-13-18-29(24-30)41-44-39(27-14-5-3-6-15-27)43-40(45-41)28-16-7-4-8-17-28;1-41(2)34-17-9-6-14-29(34)32-24-33-30-15-8-11-19-37(30)44(38(33)25-35(32)41)40-42-36-18-10-7-16-31(36)39(43-40)28-22-20-27(21-23-28)26-12-4-3-5-13-26/h2*3-26H,1-2H3;3-25H,1-2H3. The summed E-state index contributed by atoms with van der Waals surface area (Å²) in [4.78, 5) is 40.7. The van der Waals surface area contributed by atoms with Gasteiger partial charge in [-0.05, 0) is 168 Å². The molecule has 0 bridgehead atoms. The second kappa shape index (κ2) is 32.0. The summed E-state index contributed by atoms with van der Waals surface area (Å²) >= 11 is 0. The van der Waals surface area contributed by atoms with Crippen molar-refractivity contribution >= 4 is 76.3 Å². The highest BCUT2D eigenvalue weighted by molar-refractivity contribution is 6.15. The van der Waals surface area contributed by atoms with Crippen molar-refractivity contribution in [2.45, 2.75) is 57.8 Å². The Bertz CT molecular complexity index is 8790. The maximum absolute atomic E-state index is 5.34. The fourth-order valence-electron chi connectivity index (χ4n) is 21.5. The largest absolute Gasteiger partial charge is 0.309 e. The topological polar surface area (TPSA) is 118 Å². The summed E-state index contributed by atoms with van der Waals surface area (Å²) in [5.41, 5.74) is 36.0. The van der Waals surface area contributed by atoms with Crippen LogP contribution in [-0.4, -0.2) is 53.6 Å². The molecule has 0 saturated heterocycles. The van der Waals surface area contributed by atoms with Gasteiger partial charge < -0.3 is 4.57 Å². The Morgan fingerprint density at radius 1 is 0.169 bits per heavy atom. The molecule has 0 saturated carbocycles. The molecule has 24 aromatic rings. The lowest BCUT2D eigenvalue weighted by Crippen LogP contribution is -2.15. The third-order valence-electron chi connectivity index (χ3n) is 28.3. The summed E-state index contributed by atoms with van der Waals surface area (Å²) in [5.74, 6) is 4.54. The second-order valence-corrected chi connectivity index (χ2v) is 37.3. The molecule has 0 fully saturated rings. The zero-order valence-corrected chi connectivity index (χ0v) is 75.9. The lowest BCUT2D eigenvalue weighted by Gasteiger charge is -2.21. The van der Waals surface area contributed by atoms with Gasteiger partial charge in [-0.25, -0.2) is 29.9 Å². The molecule has 0 amide bonds. The highest BCUT2D eigenvalue weighted by Crippen LogP contribution is 2.55. The van der Waals surface area contributed by atoms with Crippen LogP contribution < -0.4 is 0 Å². The Kier molecular flexibility index (Phi) is 19.0. The summed E-state index contributed by atoms with van der Waals surface area (Å²) in [6, 6.07) is 152. The van der Waals surface area contributed by atoms with Gasteiger partial charge in [0.15, 0.2) is 29.1 Å². The molecule has 0 N–H and O–H groups in total. The Hall–Kier alpha value is -17.3. The molecule has 11 nitrogen and oxygen atoms in total. The van der Waals surface area contributed by atoms with E-state index in [2.05, 4.69) is 389 Å². The Morgan fingerprint density at radius 2 is 0.478 bits per heavy atom. The van der Waals surface area contributed by atoms with Crippen molar-refractivity contribution in [2.24, 2.45) is 0 Å². The molecule has 6 heterocycles. The number of nitrogens with zero attached hydrogens (tertiary/aromatic N) is 11. The van der Waals surface area contributed by atoms with Crippen LogP contribution in [0, 0.1) is 0 Å². The molecular weight excluding hydrogens is 1660 g/mol. The van der Waals surface area contributed by atoms with Crippen LogP contribution in [0.25, 0.3) is 218 Å². The first-order valence-corrected chi connectivity index (χ1v) is 46.6. The second-order valence-electron chi connectivity index (χ2n) is 37.3. The summed E-state index contributed by atoms with van der Waals surface area (Å²) in [5, 5.41) is 8.32. The Morgan fingerprint density at radius 3 is 0.934 bits per heavy atom. The van der Waals surface area contributed by atoms with Crippen molar-refractivity contribution in [3.63, 3.8) is 0 Å². The number of hydrogen-bond acceptors (Lipinski definition) is 8. The zero-order valence-electron chi connectivity index (χ0n) is 75.9. The van der Waals surface area contributed by atoms with E-state index >= 15 is 0 Å². The minimum Gasteiger partial charge on any atom is -0.309 e. The van der Waals surface area contributed by atoms with Crippen molar-refractivity contribution in [3.8, 4) is 141 Å². The van der Waals surface area contributed by atoms with Gasteiger partial charge in [-0.2, -0.15) is 9.97 Å². The van der Waals surface area contributed by atoms with Gasteiger partial charge in [0, 0.05) is 93.0 Å². The van der Waals surface area contributed by atoms with Crippen LogP contribution >= 0.6 is 0 Å². The molecule has 27 rings (SSSR count). The van der Waals surface area contributed by atoms with E-state index in [-0.39, 0.29) is 16.2 Å². The van der Waals surface area contributed by atoms with Gasteiger partial charge in [-0.1, -0.05) is 393 Å². The molecule has 18 aromatic carbocycles. The first-order chi connectivity index (χ1) is 66.7. The van der Waals surface area contributed by atoms with Gasteiger partial charge in [-0.15, -0.1) is 0 Å². The summed E-state index contributed by atoms with van der Waals surface area (Å²) in [6.45, 7) is 14.0. The van der Waals surface area contributed by atoms with Crippen LogP contribution in [0.1, 0.15) is 74.9 Å². The van der Waals surface area contributed by atoms with E-state index in [4.69, 9.17) is 39.9 Å². The lowest BCUT2D eigenvalue weighted by molar-refractivity contribution is 0.660. The van der Waals surface area contributed by atoms with Gasteiger partial charge in [0.05, 0.1) is 44.3 Å². The summed E-state index contributed by atoms with van der Waals surface area (Å²) < 4.78 is 6.89. The fourth-order valence-corrected chi connectivity index (χ4v) is 21.5. The van der Waals surface area contributed by atoms with Crippen LogP contribution in [0.2, 0.25) is 0 Å². The molecule has 6 aromatic heterocycles. The van der Waals surface area contributed by atoms with E-state index in [9.17, 15) is 0 Å². The van der Waals surface area contributed by atoms with Gasteiger partial charge >= 0.3 is 0 Å². The molecular formula is C125H89N11. The van der Waals surface area contributed by atoms with Crippen LogP contribution in [0.4, 0.5) is 0 Å². The van der Waals surface area contributed by atoms with Gasteiger partial charge in [0.2, 0.25) is 11.9 Å². The van der Waals surface area contributed by atoms with Crippen LogP contribution in [0.5, 0.6) is 0 Å². The van der Waals surface area contributed by atoms with E-state index in [1.807, 2.05) is 97.1 Å². The van der Waals surface area contributed by atoms with E-state index < -0.39 is 0 Å². The predicted molar refractivity (Wildman–Crippen MR) is 558 cm³/mol. The number of rotatable bonds is 11. The van der Waals surface area contributed by atoms with Crippen LogP contribution in [0.3, 0.4) is 0 Å². The zero-order chi connectivity index (χ0) is 91.1. The highest BCUT2D eigenvalue weighted by atomic mass is 15.2. The molecule has 3 aliphatic rings. The number of fused-ring (bicyclic) bond motifs is 19.